The van der Waals surface area contributed by atoms with Crippen molar-refractivity contribution in [1.82, 2.24) is 14.8 Å². The van der Waals surface area contributed by atoms with Gasteiger partial charge in [-0.1, -0.05) is 35.7 Å². The van der Waals surface area contributed by atoms with Gasteiger partial charge in [0, 0.05) is 61.8 Å². The van der Waals surface area contributed by atoms with E-state index in [0.29, 0.717) is 22.7 Å². The molecular formula is C27H22ClN3O2S. The fraction of sp³-hybridized carbons (Fsp3) is 0.185. The summed E-state index contributed by atoms with van der Waals surface area (Å²) in [7, 11) is 2.00. The summed E-state index contributed by atoms with van der Waals surface area (Å²) in [5.74, 6) is 1.90. The predicted octanol–water partition coefficient (Wildman–Crippen LogP) is 5.03. The van der Waals surface area contributed by atoms with Crippen molar-refractivity contribution in [2.24, 2.45) is 0 Å². The number of aromatic nitrogens is 1. The number of terminal acetylenes is 1. The zero-order chi connectivity index (χ0) is 23.8. The first kappa shape index (κ1) is 22.4. The van der Waals surface area contributed by atoms with Crippen LogP contribution in [-0.2, 0) is 16.1 Å². The minimum absolute atomic E-state index is 0.377. The van der Waals surface area contributed by atoms with Crippen molar-refractivity contribution >= 4 is 66.9 Å². The number of nitrogens with one attached hydrogen (secondary N) is 1. The number of hydrogen-bond acceptors (Lipinski definition) is 4. The van der Waals surface area contributed by atoms with Crippen molar-refractivity contribution in [2.45, 2.75) is 13.0 Å². The number of amides is 2. The number of halogens is 1. The van der Waals surface area contributed by atoms with Gasteiger partial charge in [0.15, 0.2) is 0 Å². The monoisotopic (exact) mass is 487 g/mol. The Hall–Kier alpha value is -3.37. The van der Waals surface area contributed by atoms with Gasteiger partial charge in [-0.25, -0.2) is 0 Å². The summed E-state index contributed by atoms with van der Waals surface area (Å²) < 4.78 is 3.16. The van der Waals surface area contributed by atoms with Gasteiger partial charge in [0.2, 0.25) is 0 Å². The Morgan fingerprint density at radius 2 is 1.85 bits per heavy atom. The third-order valence-corrected chi connectivity index (χ3v) is 7.29. The molecule has 1 aliphatic rings. The lowest BCUT2D eigenvalue weighted by molar-refractivity contribution is -0.122. The molecule has 0 fully saturated rings. The molecule has 0 bridgehead atoms. The Labute approximate surface area is 206 Å². The molecule has 0 saturated carbocycles. The van der Waals surface area contributed by atoms with Gasteiger partial charge >= 0.3 is 0 Å². The maximum absolute atomic E-state index is 13.1. The molecule has 0 atom stereocenters. The quantitative estimate of drug-likeness (QED) is 0.294. The third kappa shape index (κ3) is 3.92. The first-order chi connectivity index (χ1) is 16.5. The normalized spacial score (nSPS) is 13.9. The molecule has 34 heavy (non-hydrogen) atoms. The van der Waals surface area contributed by atoms with Crippen LogP contribution in [0, 0.1) is 12.3 Å². The second-order valence-corrected chi connectivity index (χ2v) is 9.72. The van der Waals surface area contributed by atoms with Crippen LogP contribution in [0.2, 0.25) is 5.02 Å². The number of aryl methyl sites for hydroxylation is 1. The summed E-state index contributed by atoms with van der Waals surface area (Å²) in [4.78, 5) is 28.2. The zero-order valence-electron chi connectivity index (χ0n) is 18.6. The molecule has 170 valence electrons. The molecular weight excluding hydrogens is 466 g/mol. The van der Waals surface area contributed by atoms with E-state index in [9.17, 15) is 9.59 Å². The Morgan fingerprint density at radius 3 is 2.65 bits per heavy atom. The molecule has 2 aromatic carbocycles. The molecule has 7 heteroatoms. The lowest BCUT2D eigenvalue weighted by Crippen LogP contribution is -2.22. The highest BCUT2D eigenvalue weighted by Gasteiger charge is 2.35. The van der Waals surface area contributed by atoms with Gasteiger partial charge in [0.05, 0.1) is 17.7 Å². The number of imide groups is 1. The number of rotatable bonds is 7. The van der Waals surface area contributed by atoms with Crippen molar-refractivity contribution in [3.8, 4) is 12.3 Å². The van der Waals surface area contributed by atoms with Gasteiger partial charge in [0.1, 0.15) is 0 Å². The number of fused-ring (bicyclic) bond motifs is 2. The first-order valence-electron chi connectivity index (χ1n) is 10.9. The summed E-state index contributed by atoms with van der Waals surface area (Å²) in [5.41, 5.74) is 3.31. The van der Waals surface area contributed by atoms with E-state index >= 15 is 0 Å². The van der Waals surface area contributed by atoms with E-state index in [2.05, 4.69) is 20.7 Å². The standard InChI is InChI=1S/C27H22ClN3O2S/c1-3-11-30(2)12-6-13-31-15-20(18-7-4-5-8-22(18)31)24-25(27(33)29-26(24)32)21-16-34-23-10-9-17(28)14-19(21)23/h1,4-5,7-10,14-16H,6,11-13H2,2H3,(H,29,32,33). The summed E-state index contributed by atoms with van der Waals surface area (Å²) in [5, 5.41) is 6.84. The van der Waals surface area contributed by atoms with Gasteiger partial charge in [-0.15, -0.1) is 17.8 Å². The van der Waals surface area contributed by atoms with Crippen LogP contribution in [-0.4, -0.2) is 41.4 Å². The molecule has 5 nitrogen and oxygen atoms in total. The van der Waals surface area contributed by atoms with Crippen molar-refractivity contribution in [3.63, 3.8) is 0 Å². The van der Waals surface area contributed by atoms with Crippen LogP contribution in [0.1, 0.15) is 17.5 Å². The fourth-order valence-electron chi connectivity index (χ4n) is 4.54. The number of carbonyl (C=O) groups is 2. The number of carbonyl (C=O) groups excluding carboxylic acids is 2. The highest BCUT2D eigenvalue weighted by atomic mass is 35.5. The van der Waals surface area contributed by atoms with Crippen LogP contribution in [0.4, 0.5) is 0 Å². The largest absolute Gasteiger partial charge is 0.347 e. The summed E-state index contributed by atoms with van der Waals surface area (Å²) in [6, 6.07) is 13.6. The highest BCUT2D eigenvalue weighted by molar-refractivity contribution is 7.17. The van der Waals surface area contributed by atoms with Crippen LogP contribution in [0.25, 0.3) is 32.1 Å². The van der Waals surface area contributed by atoms with E-state index in [1.165, 1.54) is 11.3 Å². The maximum Gasteiger partial charge on any atom is 0.259 e. The van der Waals surface area contributed by atoms with Crippen molar-refractivity contribution in [3.05, 3.63) is 70.2 Å². The molecule has 3 heterocycles. The number of nitrogens with zero attached hydrogens (tertiary/aromatic N) is 2. The number of para-hydroxylation sites is 1. The minimum atomic E-state index is -0.382. The lowest BCUT2D eigenvalue weighted by atomic mass is 9.95. The number of hydrogen-bond donors (Lipinski definition) is 1. The number of benzene rings is 2. The Balaban J connectivity index is 1.63. The summed E-state index contributed by atoms with van der Waals surface area (Å²) >= 11 is 7.78. The molecule has 0 aliphatic carbocycles. The van der Waals surface area contributed by atoms with Crippen molar-refractivity contribution in [2.75, 3.05) is 20.1 Å². The average molecular weight is 488 g/mol. The van der Waals surface area contributed by atoms with E-state index in [0.717, 1.165) is 51.6 Å². The SMILES string of the molecule is C#CCN(C)CCCn1cc(C2=C(c3csc4ccc(Cl)cc34)C(=O)NC2=O)c2ccccc21. The van der Waals surface area contributed by atoms with E-state index in [1.807, 2.05) is 61.1 Å². The van der Waals surface area contributed by atoms with E-state index in [4.69, 9.17) is 18.0 Å². The van der Waals surface area contributed by atoms with Crippen LogP contribution < -0.4 is 5.32 Å². The molecule has 1 N–H and O–H groups in total. The van der Waals surface area contributed by atoms with Crippen LogP contribution in [0.3, 0.4) is 0 Å². The minimum Gasteiger partial charge on any atom is -0.347 e. The molecule has 0 spiro atoms. The molecule has 2 amide bonds. The molecule has 2 aromatic heterocycles. The molecule has 1 aliphatic heterocycles. The topological polar surface area (TPSA) is 54.3 Å². The summed E-state index contributed by atoms with van der Waals surface area (Å²) in [6.07, 6.45) is 8.30. The van der Waals surface area contributed by atoms with Crippen LogP contribution >= 0.6 is 22.9 Å². The Kier molecular flexibility index (Phi) is 6.01. The smallest absolute Gasteiger partial charge is 0.259 e. The van der Waals surface area contributed by atoms with E-state index in [1.54, 1.807) is 0 Å². The fourth-order valence-corrected chi connectivity index (χ4v) is 5.65. The van der Waals surface area contributed by atoms with Crippen molar-refractivity contribution < 1.29 is 9.59 Å². The van der Waals surface area contributed by atoms with Gasteiger partial charge in [-0.05, 0) is 37.7 Å². The number of thiophene rings is 1. The van der Waals surface area contributed by atoms with Gasteiger partial charge < -0.3 is 4.57 Å². The van der Waals surface area contributed by atoms with E-state index < -0.39 is 0 Å². The first-order valence-corrected chi connectivity index (χ1v) is 12.2. The van der Waals surface area contributed by atoms with E-state index in [-0.39, 0.29) is 11.8 Å². The van der Waals surface area contributed by atoms with Gasteiger partial charge in [-0.2, -0.15) is 0 Å². The average Bonchev–Trinajstić information content (AvgIpc) is 3.47. The Morgan fingerprint density at radius 1 is 1.09 bits per heavy atom. The molecule has 0 saturated heterocycles. The van der Waals surface area contributed by atoms with Gasteiger partial charge in [-0.3, -0.25) is 19.8 Å². The molecule has 4 aromatic rings. The third-order valence-electron chi connectivity index (χ3n) is 6.09. The molecule has 0 radical (unpaired) electrons. The van der Waals surface area contributed by atoms with Crippen LogP contribution in [0.5, 0.6) is 0 Å². The maximum atomic E-state index is 13.1. The predicted molar refractivity (Wildman–Crippen MR) is 140 cm³/mol. The van der Waals surface area contributed by atoms with Gasteiger partial charge in [0.25, 0.3) is 11.8 Å². The lowest BCUT2D eigenvalue weighted by Gasteiger charge is -2.13. The molecule has 0 unspecified atom stereocenters. The second kappa shape index (κ2) is 9.11. The molecule has 5 rings (SSSR count). The second-order valence-electron chi connectivity index (χ2n) is 8.37. The van der Waals surface area contributed by atoms with Crippen molar-refractivity contribution in [1.29, 1.82) is 0 Å². The zero-order valence-corrected chi connectivity index (χ0v) is 20.2. The summed E-state index contributed by atoms with van der Waals surface area (Å²) in [6.45, 7) is 2.24. The van der Waals surface area contributed by atoms with Crippen LogP contribution in [0.15, 0.2) is 54.0 Å². The Bertz CT molecular complexity index is 1520. The highest BCUT2D eigenvalue weighted by Crippen LogP contribution is 2.40.